The number of Topliss-reactive ketones (excluding diaryl/α,β-unsaturated/α-hetero) is 1. The highest BCUT2D eigenvalue weighted by Crippen LogP contribution is 2.22. The molecule has 0 aromatic rings. The average Bonchev–Trinajstić information content (AvgIpc) is 2.24. The summed E-state index contributed by atoms with van der Waals surface area (Å²) in [6.45, 7) is 7.57. The van der Waals surface area contributed by atoms with Crippen molar-refractivity contribution < 1.29 is 24.5 Å². The molecule has 4 atom stereocenters. The van der Waals surface area contributed by atoms with E-state index in [9.17, 15) is 15.0 Å². The van der Waals surface area contributed by atoms with Gasteiger partial charge in [0, 0.05) is 18.3 Å². The molecule has 0 bridgehead atoms. The highest BCUT2D eigenvalue weighted by Gasteiger charge is 2.34. The van der Waals surface area contributed by atoms with Crippen molar-refractivity contribution in [1.82, 2.24) is 0 Å². The number of hydrogen-bond acceptors (Lipinski definition) is 5. The summed E-state index contributed by atoms with van der Waals surface area (Å²) >= 11 is 0. The maximum absolute atomic E-state index is 11.7. The summed E-state index contributed by atoms with van der Waals surface area (Å²) in [4.78, 5) is 11.7. The van der Waals surface area contributed by atoms with Crippen LogP contribution < -0.4 is 0 Å². The minimum absolute atomic E-state index is 0.131. The first-order valence-electron chi connectivity index (χ1n) is 6.38. The van der Waals surface area contributed by atoms with Crippen molar-refractivity contribution in [2.45, 2.75) is 65.1 Å². The lowest BCUT2D eigenvalue weighted by Gasteiger charge is -2.35. The van der Waals surface area contributed by atoms with Gasteiger partial charge in [0.2, 0.25) is 0 Å². The van der Waals surface area contributed by atoms with E-state index >= 15 is 0 Å². The Morgan fingerprint density at radius 1 is 1.39 bits per heavy atom. The van der Waals surface area contributed by atoms with Crippen molar-refractivity contribution in [1.29, 1.82) is 0 Å². The zero-order valence-electron chi connectivity index (χ0n) is 11.5. The topological polar surface area (TPSA) is 76.0 Å². The monoisotopic (exact) mass is 260 g/mol. The molecule has 1 rings (SSSR count). The van der Waals surface area contributed by atoms with Gasteiger partial charge >= 0.3 is 0 Å². The number of aliphatic hydroxyl groups is 2. The summed E-state index contributed by atoms with van der Waals surface area (Å²) in [7, 11) is 0. The fourth-order valence-corrected chi connectivity index (χ4v) is 1.79. The van der Waals surface area contributed by atoms with Crippen LogP contribution >= 0.6 is 0 Å². The second-order valence-corrected chi connectivity index (χ2v) is 5.86. The quantitative estimate of drug-likeness (QED) is 0.784. The van der Waals surface area contributed by atoms with Crippen LogP contribution in [0, 0.1) is 5.41 Å². The molecule has 0 aromatic carbocycles. The molecule has 1 saturated heterocycles. The Morgan fingerprint density at radius 3 is 2.50 bits per heavy atom. The van der Waals surface area contributed by atoms with Crippen molar-refractivity contribution in [3.63, 3.8) is 0 Å². The van der Waals surface area contributed by atoms with Gasteiger partial charge in [0.25, 0.3) is 0 Å². The molecule has 0 radical (unpaired) electrons. The number of carbonyl (C=O) groups is 1. The van der Waals surface area contributed by atoms with Gasteiger partial charge in [-0.2, -0.15) is 0 Å². The van der Waals surface area contributed by atoms with Crippen molar-refractivity contribution in [2.75, 3.05) is 6.61 Å². The van der Waals surface area contributed by atoms with Crippen LogP contribution in [0.15, 0.2) is 0 Å². The maximum Gasteiger partial charge on any atom is 0.160 e. The summed E-state index contributed by atoms with van der Waals surface area (Å²) in [5.41, 5.74) is -0.361. The van der Waals surface area contributed by atoms with Gasteiger partial charge in [0.05, 0.1) is 18.8 Å². The van der Waals surface area contributed by atoms with Gasteiger partial charge in [-0.1, -0.05) is 20.8 Å². The summed E-state index contributed by atoms with van der Waals surface area (Å²) in [5, 5.41) is 19.1. The smallest absolute Gasteiger partial charge is 0.160 e. The van der Waals surface area contributed by atoms with Gasteiger partial charge in [0.15, 0.2) is 6.29 Å². The lowest BCUT2D eigenvalue weighted by molar-refractivity contribution is -0.245. The zero-order valence-corrected chi connectivity index (χ0v) is 11.5. The van der Waals surface area contributed by atoms with Crippen molar-refractivity contribution in [3.8, 4) is 0 Å². The van der Waals surface area contributed by atoms with E-state index in [-0.39, 0.29) is 24.2 Å². The third-order valence-electron chi connectivity index (χ3n) is 3.14. The van der Waals surface area contributed by atoms with Crippen LogP contribution in [0.25, 0.3) is 0 Å². The molecule has 1 fully saturated rings. The van der Waals surface area contributed by atoms with Gasteiger partial charge in [-0.05, 0) is 6.92 Å². The molecule has 1 heterocycles. The van der Waals surface area contributed by atoms with E-state index in [4.69, 9.17) is 9.47 Å². The Balaban J connectivity index is 2.30. The molecule has 0 spiro atoms. The van der Waals surface area contributed by atoms with Crippen molar-refractivity contribution >= 4 is 5.78 Å². The number of ether oxygens (including phenoxy) is 2. The lowest BCUT2D eigenvalue weighted by Crippen LogP contribution is -2.47. The largest absolute Gasteiger partial charge is 0.390 e. The summed E-state index contributed by atoms with van der Waals surface area (Å²) in [5.74, 6) is 0.131. The molecule has 0 amide bonds. The highest BCUT2D eigenvalue weighted by atomic mass is 16.7. The van der Waals surface area contributed by atoms with Crippen LogP contribution in [0.1, 0.15) is 40.5 Å². The van der Waals surface area contributed by atoms with E-state index in [1.807, 2.05) is 20.8 Å². The first-order valence-corrected chi connectivity index (χ1v) is 6.38. The predicted molar refractivity (Wildman–Crippen MR) is 66.0 cm³/mol. The van der Waals surface area contributed by atoms with Gasteiger partial charge in [-0.3, -0.25) is 4.79 Å². The van der Waals surface area contributed by atoms with E-state index in [0.717, 1.165) is 0 Å². The number of ketones is 1. The molecule has 0 saturated carbocycles. The lowest BCUT2D eigenvalue weighted by atomic mass is 9.89. The second-order valence-electron chi connectivity index (χ2n) is 5.86. The highest BCUT2D eigenvalue weighted by molar-refractivity contribution is 5.83. The molecule has 0 aromatic heterocycles. The van der Waals surface area contributed by atoms with E-state index in [1.54, 1.807) is 6.92 Å². The molecule has 1 aliphatic heterocycles. The van der Waals surface area contributed by atoms with Crippen molar-refractivity contribution in [2.24, 2.45) is 5.41 Å². The Hall–Kier alpha value is -0.490. The molecule has 1 aliphatic rings. The van der Waals surface area contributed by atoms with Gasteiger partial charge in [-0.25, -0.2) is 0 Å². The van der Waals surface area contributed by atoms with Crippen LogP contribution in [0.3, 0.4) is 0 Å². The minimum Gasteiger partial charge on any atom is -0.390 e. The van der Waals surface area contributed by atoms with E-state index in [0.29, 0.717) is 6.42 Å². The normalized spacial score (nSPS) is 33.4. The van der Waals surface area contributed by atoms with Gasteiger partial charge < -0.3 is 19.7 Å². The summed E-state index contributed by atoms with van der Waals surface area (Å²) < 4.78 is 10.8. The van der Waals surface area contributed by atoms with Gasteiger partial charge in [-0.15, -0.1) is 0 Å². The Kier molecular flexibility index (Phi) is 5.28. The minimum atomic E-state index is -0.874. The predicted octanol–water partition coefficient (Wildman–Crippen LogP) is 0.865. The average molecular weight is 260 g/mol. The van der Waals surface area contributed by atoms with Crippen molar-refractivity contribution in [3.05, 3.63) is 0 Å². The van der Waals surface area contributed by atoms with E-state index < -0.39 is 24.6 Å². The summed E-state index contributed by atoms with van der Waals surface area (Å²) in [6.07, 6.45) is -2.16. The number of rotatable bonds is 4. The number of carbonyl (C=O) groups excluding carboxylic acids is 1. The van der Waals surface area contributed by atoms with E-state index in [1.165, 1.54) is 0 Å². The van der Waals surface area contributed by atoms with Crippen LogP contribution in [-0.2, 0) is 14.3 Å². The fraction of sp³-hybridized carbons (Fsp3) is 0.923. The third kappa shape index (κ3) is 4.31. The molecule has 106 valence electrons. The molecular weight excluding hydrogens is 236 g/mol. The summed E-state index contributed by atoms with van der Waals surface area (Å²) in [6, 6.07) is 0. The molecular formula is C13H24O5. The zero-order chi connectivity index (χ0) is 13.9. The Labute approximate surface area is 108 Å². The maximum atomic E-state index is 11.7. The van der Waals surface area contributed by atoms with Crippen LogP contribution in [0.4, 0.5) is 0 Å². The SMILES string of the molecule is CC1O[C@@H](OCCC(=O)C(C)(C)C)C[C@@H](O)[C@H]1O. The Morgan fingerprint density at radius 2 is 2.00 bits per heavy atom. The second kappa shape index (κ2) is 6.10. The molecule has 0 aliphatic carbocycles. The molecule has 2 N–H and O–H groups in total. The molecule has 5 heteroatoms. The number of aliphatic hydroxyl groups excluding tert-OH is 2. The third-order valence-corrected chi connectivity index (χ3v) is 3.14. The Bertz CT molecular complexity index is 272. The van der Waals surface area contributed by atoms with Gasteiger partial charge in [0.1, 0.15) is 11.9 Å². The molecule has 1 unspecified atom stereocenters. The van der Waals surface area contributed by atoms with Crippen LogP contribution in [-0.4, -0.2) is 47.2 Å². The standard InChI is InChI=1S/C13H24O5/c1-8-12(16)9(14)7-11(18-8)17-6-5-10(15)13(2,3)4/h8-9,11-12,14,16H,5-7H2,1-4H3/t8?,9-,11-,12+/m1/s1. The number of hydrogen-bond donors (Lipinski definition) is 2. The fourth-order valence-electron chi connectivity index (χ4n) is 1.79. The van der Waals surface area contributed by atoms with E-state index in [2.05, 4.69) is 0 Å². The molecule has 18 heavy (non-hydrogen) atoms. The first-order chi connectivity index (χ1) is 8.21. The molecule has 5 nitrogen and oxygen atoms in total. The first kappa shape index (κ1) is 15.6. The van der Waals surface area contributed by atoms with Crippen LogP contribution in [0.5, 0.6) is 0 Å². The van der Waals surface area contributed by atoms with Crippen LogP contribution in [0.2, 0.25) is 0 Å².